The van der Waals surface area contributed by atoms with Gasteiger partial charge in [-0.15, -0.1) is 0 Å². The summed E-state index contributed by atoms with van der Waals surface area (Å²) in [6.45, 7) is 1.84. The normalized spacial score (nSPS) is 11.5. The van der Waals surface area contributed by atoms with E-state index in [4.69, 9.17) is 16.3 Å². The molecule has 0 aliphatic heterocycles. The highest BCUT2D eigenvalue weighted by Crippen LogP contribution is 2.41. The van der Waals surface area contributed by atoms with E-state index in [1.807, 2.05) is 27.1 Å². The van der Waals surface area contributed by atoms with Crippen LogP contribution in [0.15, 0.2) is 41.4 Å². The van der Waals surface area contributed by atoms with Gasteiger partial charge in [-0.2, -0.15) is 22.8 Å². The van der Waals surface area contributed by atoms with E-state index in [9.17, 15) is 18.4 Å². The number of rotatable bonds is 5. The van der Waals surface area contributed by atoms with Gasteiger partial charge in [0.15, 0.2) is 0 Å². The first kappa shape index (κ1) is 22.6. The first-order valence-corrected chi connectivity index (χ1v) is 10.0. The Morgan fingerprint density at radius 2 is 1.90 bits per heavy atom. The zero-order chi connectivity index (χ0) is 22.8. The fourth-order valence-corrected chi connectivity index (χ4v) is 3.52. The molecule has 0 atom stereocenters. The van der Waals surface area contributed by atoms with Gasteiger partial charge < -0.3 is 9.64 Å². The Bertz CT molecular complexity index is 1170. The molecule has 0 aliphatic carbocycles. The standard InChI is InChI=1S/C21H16ClF3N4OS/c1-12-8-18(16(22)9-17(12)27-11-29(2)3)30-20-15(10-26)19(28-31-20)13-4-6-14(7-5-13)21(23,24)25/h4-9,11H,1-3H3/b27-11-. The first-order chi connectivity index (χ1) is 14.6. The number of hydrogen-bond acceptors (Lipinski definition) is 5. The van der Waals surface area contributed by atoms with Crippen molar-refractivity contribution in [3.8, 4) is 28.1 Å². The summed E-state index contributed by atoms with van der Waals surface area (Å²) in [6, 6.07) is 9.81. The number of aliphatic imine (C=N–C) groups is 1. The molecule has 3 rings (SSSR count). The van der Waals surface area contributed by atoms with Crippen LogP contribution in [-0.2, 0) is 6.18 Å². The Kier molecular flexibility index (Phi) is 6.53. The van der Waals surface area contributed by atoms with Gasteiger partial charge in [0.1, 0.15) is 23.1 Å². The number of halogens is 4. The van der Waals surface area contributed by atoms with E-state index >= 15 is 0 Å². The minimum Gasteiger partial charge on any atom is -0.442 e. The second-order valence-corrected chi connectivity index (χ2v) is 7.90. The molecular weight excluding hydrogens is 449 g/mol. The predicted octanol–water partition coefficient (Wildman–Crippen LogP) is 6.68. The van der Waals surface area contributed by atoms with Gasteiger partial charge in [0.25, 0.3) is 0 Å². The molecule has 0 fully saturated rings. The maximum atomic E-state index is 12.8. The summed E-state index contributed by atoms with van der Waals surface area (Å²) in [7, 11) is 3.69. The lowest BCUT2D eigenvalue weighted by atomic mass is 10.1. The average Bonchev–Trinajstić information content (AvgIpc) is 3.11. The molecule has 0 unspecified atom stereocenters. The molecule has 0 saturated heterocycles. The average molecular weight is 465 g/mol. The van der Waals surface area contributed by atoms with Gasteiger partial charge in [0.2, 0.25) is 5.06 Å². The largest absolute Gasteiger partial charge is 0.442 e. The van der Waals surface area contributed by atoms with Crippen molar-refractivity contribution in [2.45, 2.75) is 13.1 Å². The molecule has 31 heavy (non-hydrogen) atoms. The summed E-state index contributed by atoms with van der Waals surface area (Å²) in [6.07, 6.45) is -2.79. The third-order valence-electron chi connectivity index (χ3n) is 4.14. The maximum absolute atomic E-state index is 12.8. The monoisotopic (exact) mass is 464 g/mol. The molecule has 1 heterocycles. The Balaban J connectivity index is 1.92. The number of ether oxygens (including phenoxy) is 1. The molecule has 0 spiro atoms. The van der Waals surface area contributed by atoms with E-state index in [0.717, 1.165) is 29.2 Å². The summed E-state index contributed by atoms with van der Waals surface area (Å²) in [5.74, 6) is 0.321. The lowest BCUT2D eigenvalue weighted by Crippen LogP contribution is -2.07. The third-order valence-corrected chi connectivity index (χ3v) is 5.16. The van der Waals surface area contributed by atoms with Crippen LogP contribution in [0.4, 0.5) is 18.9 Å². The third kappa shape index (κ3) is 5.16. The minimum absolute atomic E-state index is 0.119. The summed E-state index contributed by atoms with van der Waals surface area (Å²) in [5.41, 5.74) is 1.45. The molecule has 3 aromatic rings. The smallest absolute Gasteiger partial charge is 0.416 e. The van der Waals surface area contributed by atoms with E-state index in [1.54, 1.807) is 23.4 Å². The highest BCUT2D eigenvalue weighted by atomic mass is 35.5. The van der Waals surface area contributed by atoms with Crippen LogP contribution < -0.4 is 4.74 Å². The van der Waals surface area contributed by atoms with Crippen molar-refractivity contribution >= 4 is 35.2 Å². The van der Waals surface area contributed by atoms with Crippen LogP contribution in [0.2, 0.25) is 5.02 Å². The first-order valence-electron chi connectivity index (χ1n) is 8.86. The van der Waals surface area contributed by atoms with Gasteiger partial charge in [0, 0.05) is 31.2 Å². The fraction of sp³-hybridized carbons (Fsp3) is 0.190. The summed E-state index contributed by atoms with van der Waals surface area (Å²) in [4.78, 5) is 6.12. The Morgan fingerprint density at radius 1 is 1.23 bits per heavy atom. The van der Waals surface area contributed by atoms with Crippen molar-refractivity contribution in [1.82, 2.24) is 9.27 Å². The molecule has 0 amide bonds. The molecule has 1 aromatic heterocycles. The molecule has 10 heteroatoms. The molecule has 0 N–H and O–H groups in total. The van der Waals surface area contributed by atoms with Crippen molar-refractivity contribution in [3.05, 3.63) is 58.1 Å². The summed E-state index contributed by atoms with van der Waals surface area (Å²) < 4.78 is 48.4. The Morgan fingerprint density at radius 3 is 2.48 bits per heavy atom. The lowest BCUT2D eigenvalue weighted by Gasteiger charge is -2.10. The molecule has 160 valence electrons. The van der Waals surface area contributed by atoms with Crippen LogP contribution in [0.5, 0.6) is 10.8 Å². The number of benzene rings is 2. The zero-order valence-corrected chi connectivity index (χ0v) is 18.2. The molecular formula is C21H16ClF3N4OS. The topological polar surface area (TPSA) is 61.5 Å². The molecule has 0 saturated carbocycles. The number of nitrogens with zero attached hydrogens (tertiary/aromatic N) is 4. The fourth-order valence-electron chi connectivity index (χ4n) is 2.60. The maximum Gasteiger partial charge on any atom is 0.416 e. The highest BCUT2D eigenvalue weighted by Gasteiger charge is 2.30. The predicted molar refractivity (Wildman–Crippen MR) is 115 cm³/mol. The van der Waals surface area contributed by atoms with Crippen molar-refractivity contribution in [2.75, 3.05) is 14.1 Å². The quantitative estimate of drug-likeness (QED) is 0.312. The highest BCUT2D eigenvalue weighted by molar-refractivity contribution is 7.08. The number of hydrogen-bond donors (Lipinski definition) is 0. The molecule has 0 aliphatic rings. The van der Waals surface area contributed by atoms with Crippen LogP contribution in [0.25, 0.3) is 11.3 Å². The summed E-state index contributed by atoms with van der Waals surface area (Å²) in [5, 5.41) is 10.1. The van der Waals surface area contributed by atoms with Gasteiger partial charge in [-0.25, -0.2) is 4.99 Å². The Hall–Kier alpha value is -3.09. The second-order valence-electron chi connectivity index (χ2n) is 6.76. The van der Waals surface area contributed by atoms with Crippen molar-refractivity contribution < 1.29 is 17.9 Å². The van der Waals surface area contributed by atoms with Gasteiger partial charge in [-0.1, -0.05) is 23.7 Å². The van der Waals surface area contributed by atoms with Crippen molar-refractivity contribution in [2.24, 2.45) is 4.99 Å². The van der Waals surface area contributed by atoms with Gasteiger partial charge >= 0.3 is 6.18 Å². The molecule has 0 bridgehead atoms. The van der Waals surface area contributed by atoms with Gasteiger partial charge in [-0.3, -0.25) is 0 Å². The van der Waals surface area contributed by atoms with Crippen LogP contribution >= 0.6 is 23.1 Å². The van der Waals surface area contributed by atoms with E-state index in [1.165, 1.54) is 12.1 Å². The van der Waals surface area contributed by atoms with Crippen LogP contribution in [0.3, 0.4) is 0 Å². The zero-order valence-electron chi connectivity index (χ0n) is 16.7. The van der Waals surface area contributed by atoms with Crippen LogP contribution in [0.1, 0.15) is 16.7 Å². The van der Waals surface area contributed by atoms with E-state index in [2.05, 4.69) is 9.37 Å². The molecule has 2 aromatic carbocycles. The van der Waals surface area contributed by atoms with Crippen LogP contribution in [-0.4, -0.2) is 29.7 Å². The lowest BCUT2D eigenvalue weighted by molar-refractivity contribution is -0.137. The number of aromatic nitrogens is 1. The summed E-state index contributed by atoms with van der Waals surface area (Å²) >= 11 is 7.25. The van der Waals surface area contributed by atoms with Crippen LogP contribution in [0, 0.1) is 18.3 Å². The SMILES string of the molecule is Cc1cc(Oc2snc(-c3ccc(C(F)(F)F)cc3)c2C#N)c(Cl)cc1/N=C\N(C)C. The number of alkyl halides is 3. The van der Waals surface area contributed by atoms with Crippen molar-refractivity contribution in [1.29, 1.82) is 5.26 Å². The number of nitriles is 1. The van der Waals surface area contributed by atoms with E-state index in [0.29, 0.717) is 22.0 Å². The van der Waals surface area contributed by atoms with Crippen molar-refractivity contribution in [3.63, 3.8) is 0 Å². The second kappa shape index (κ2) is 8.96. The molecule has 5 nitrogen and oxygen atoms in total. The number of aryl methyl sites for hydroxylation is 1. The van der Waals surface area contributed by atoms with E-state index < -0.39 is 11.7 Å². The minimum atomic E-state index is -4.44. The Labute approximate surface area is 186 Å². The van der Waals surface area contributed by atoms with Gasteiger partial charge in [-0.05, 0) is 36.8 Å². The van der Waals surface area contributed by atoms with Gasteiger partial charge in [0.05, 0.1) is 22.6 Å². The molecule has 0 radical (unpaired) electrons. The van der Waals surface area contributed by atoms with E-state index in [-0.39, 0.29) is 16.3 Å².